The molecule has 1 saturated heterocycles. The number of piperidine rings is 1. The van der Waals surface area contributed by atoms with Gasteiger partial charge >= 0.3 is 0 Å². The molecule has 0 unspecified atom stereocenters. The molecule has 1 N–H and O–H groups in total. The summed E-state index contributed by atoms with van der Waals surface area (Å²) in [7, 11) is 0. The number of hydrogen-bond acceptors (Lipinski definition) is 4. The lowest BCUT2D eigenvalue weighted by atomic mass is 9.97. The molecule has 3 aromatic rings. The summed E-state index contributed by atoms with van der Waals surface area (Å²) in [5.41, 5.74) is 1.65. The minimum absolute atomic E-state index is 0.0161. The van der Waals surface area contributed by atoms with Crippen LogP contribution in [0.2, 0.25) is 0 Å². The molecular formula is C25H26FN3O2. The highest BCUT2D eigenvalue weighted by Gasteiger charge is 2.54. The van der Waals surface area contributed by atoms with Crippen molar-refractivity contribution in [2.24, 2.45) is 0 Å². The summed E-state index contributed by atoms with van der Waals surface area (Å²) >= 11 is 0. The molecule has 1 aliphatic heterocycles. The number of hydrogen-bond donors (Lipinski definition) is 1. The molecule has 31 heavy (non-hydrogen) atoms. The van der Waals surface area contributed by atoms with E-state index < -0.39 is 5.41 Å². The Hall–Kier alpha value is -2.99. The van der Waals surface area contributed by atoms with Gasteiger partial charge in [-0.25, -0.2) is 4.39 Å². The molecule has 0 spiro atoms. The van der Waals surface area contributed by atoms with Gasteiger partial charge in [-0.3, -0.25) is 9.69 Å². The summed E-state index contributed by atoms with van der Waals surface area (Å²) < 4.78 is 19.5. The molecule has 2 heterocycles. The van der Waals surface area contributed by atoms with Crippen LogP contribution in [0.3, 0.4) is 0 Å². The van der Waals surface area contributed by atoms with Crippen LogP contribution in [-0.4, -0.2) is 35.1 Å². The van der Waals surface area contributed by atoms with E-state index in [4.69, 9.17) is 4.52 Å². The summed E-state index contributed by atoms with van der Waals surface area (Å²) in [6.07, 6.45) is 3.37. The van der Waals surface area contributed by atoms with Gasteiger partial charge in [-0.2, -0.15) is 0 Å². The Bertz CT molecular complexity index is 1050. The molecule has 2 fully saturated rings. The van der Waals surface area contributed by atoms with Crippen LogP contribution in [0.4, 0.5) is 4.39 Å². The standard InChI is InChI=1S/C25H26FN3O2/c26-21-9-5-4-8-20(21)22-16-23(28-31-22)25(12-13-25)24(30)27-19-10-14-29(15-11-19)17-18-6-2-1-3-7-18/h1-9,16,19H,10-15,17H2,(H,27,30). The van der Waals surface area contributed by atoms with Gasteiger partial charge in [-0.1, -0.05) is 47.6 Å². The zero-order chi connectivity index (χ0) is 21.3. The van der Waals surface area contributed by atoms with Gasteiger partial charge in [-0.15, -0.1) is 0 Å². The van der Waals surface area contributed by atoms with Crippen molar-refractivity contribution in [2.75, 3.05) is 13.1 Å². The highest BCUT2D eigenvalue weighted by Crippen LogP contribution is 2.49. The van der Waals surface area contributed by atoms with Gasteiger partial charge in [-0.05, 0) is 43.4 Å². The number of nitrogens with one attached hydrogen (secondary N) is 1. The molecule has 0 radical (unpaired) electrons. The fraction of sp³-hybridized carbons (Fsp3) is 0.360. The van der Waals surface area contributed by atoms with Gasteiger partial charge in [0.15, 0.2) is 5.76 Å². The number of nitrogens with zero attached hydrogens (tertiary/aromatic N) is 2. The Morgan fingerprint density at radius 3 is 2.52 bits per heavy atom. The molecule has 2 aliphatic rings. The molecule has 0 atom stereocenters. The van der Waals surface area contributed by atoms with Crippen LogP contribution in [0.15, 0.2) is 65.2 Å². The fourth-order valence-corrected chi connectivity index (χ4v) is 4.41. The number of carbonyl (C=O) groups excluding carboxylic acids is 1. The number of amides is 1. The quantitative estimate of drug-likeness (QED) is 0.648. The predicted octanol–water partition coefficient (Wildman–Crippen LogP) is 4.29. The van der Waals surface area contributed by atoms with E-state index in [1.54, 1.807) is 24.3 Å². The topological polar surface area (TPSA) is 58.4 Å². The summed E-state index contributed by atoms with van der Waals surface area (Å²) in [6.45, 7) is 2.88. The maximum absolute atomic E-state index is 14.1. The number of carbonyl (C=O) groups is 1. The summed E-state index contributed by atoms with van der Waals surface area (Å²) in [5, 5.41) is 7.37. The first-order valence-electron chi connectivity index (χ1n) is 10.9. The number of likely N-dealkylation sites (tertiary alicyclic amines) is 1. The van der Waals surface area contributed by atoms with Crippen LogP contribution in [0.5, 0.6) is 0 Å². The van der Waals surface area contributed by atoms with E-state index in [1.807, 2.05) is 6.07 Å². The van der Waals surface area contributed by atoms with E-state index in [9.17, 15) is 9.18 Å². The van der Waals surface area contributed by atoms with E-state index in [-0.39, 0.29) is 17.8 Å². The number of aromatic nitrogens is 1. The fourth-order valence-electron chi connectivity index (χ4n) is 4.41. The van der Waals surface area contributed by atoms with E-state index in [1.165, 1.54) is 11.6 Å². The van der Waals surface area contributed by atoms with E-state index in [2.05, 4.69) is 39.6 Å². The third kappa shape index (κ3) is 4.12. The number of rotatable bonds is 6. The Morgan fingerprint density at radius 1 is 1.10 bits per heavy atom. The second-order valence-electron chi connectivity index (χ2n) is 8.65. The van der Waals surface area contributed by atoms with E-state index >= 15 is 0 Å². The highest BCUT2D eigenvalue weighted by atomic mass is 19.1. The van der Waals surface area contributed by atoms with Crippen molar-refractivity contribution in [3.8, 4) is 11.3 Å². The SMILES string of the molecule is O=C(NC1CCN(Cc2ccccc2)CC1)C1(c2cc(-c3ccccc3F)on2)CC1. The summed E-state index contributed by atoms with van der Waals surface area (Å²) in [6, 6.07) is 18.8. The number of halogens is 1. The van der Waals surface area contributed by atoms with Crippen LogP contribution in [0, 0.1) is 5.82 Å². The summed E-state index contributed by atoms with van der Waals surface area (Å²) in [4.78, 5) is 15.5. The van der Waals surface area contributed by atoms with E-state index in [0.29, 0.717) is 17.0 Å². The van der Waals surface area contributed by atoms with Gasteiger partial charge in [0, 0.05) is 31.7 Å². The molecular weight excluding hydrogens is 393 g/mol. The van der Waals surface area contributed by atoms with Crippen LogP contribution in [0.25, 0.3) is 11.3 Å². The predicted molar refractivity (Wildman–Crippen MR) is 116 cm³/mol. The molecule has 5 nitrogen and oxygen atoms in total. The second kappa shape index (κ2) is 8.27. The molecule has 1 saturated carbocycles. The molecule has 1 aliphatic carbocycles. The lowest BCUT2D eigenvalue weighted by molar-refractivity contribution is -0.124. The average Bonchev–Trinajstić information content (AvgIpc) is 3.46. The first-order chi connectivity index (χ1) is 15.1. The smallest absolute Gasteiger partial charge is 0.232 e. The maximum Gasteiger partial charge on any atom is 0.232 e. The van der Waals surface area contributed by atoms with Crippen LogP contribution in [-0.2, 0) is 16.8 Å². The minimum atomic E-state index is -0.631. The summed E-state index contributed by atoms with van der Waals surface area (Å²) in [5.74, 6) is 0.0190. The minimum Gasteiger partial charge on any atom is -0.356 e. The largest absolute Gasteiger partial charge is 0.356 e. The Balaban J connectivity index is 1.19. The third-order valence-electron chi connectivity index (χ3n) is 6.50. The molecule has 160 valence electrons. The Labute approximate surface area is 181 Å². The van der Waals surface area contributed by atoms with Crippen molar-refractivity contribution in [3.05, 3.63) is 77.7 Å². The van der Waals surface area contributed by atoms with Crippen LogP contribution in [0.1, 0.15) is 36.9 Å². The van der Waals surface area contributed by atoms with Crippen molar-refractivity contribution in [2.45, 2.75) is 43.7 Å². The zero-order valence-corrected chi connectivity index (χ0v) is 17.4. The number of benzene rings is 2. The maximum atomic E-state index is 14.1. The van der Waals surface area contributed by atoms with E-state index in [0.717, 1.165) is 45.3 Å². The molecule has 1 aromatic heterocycles. The first kappa shape index (κ1) is 19.9. The van der Waals surface area contributed by atoms with Gasteiger partial charge in [0.05, 0.1) is 16.7 Å². The monoisotopic (exact) mass is 419 g/mol. The third-order valence-corrected chi connectivity index (χ3v) is 6.50. The lowest BCUT2D eigenvalue weighted by Crippen LogP contribution is -2.47. The molecule has 6 heteroatoms. The van der Waals surface area contributed by atoms with Gasteiger partial charge in [0.1, 0.15) is 5.82 Å². The second-order valence-corrected chi connectivity index (χ2v) is 8.65. The van der Waals surface area contributed by atoms with Crippen molar-refractivity contribution >= 4 is 5.91 Å². The highest BCUT2D eigenvalue weighted by molar-refractivity contribution is 5.91. The molecule has 2 aromatic carbocycles. The average molecular weight is 420 g/mol. The van der Waals surface area contributed by atoms with Crippen molar-refractivity contribution in [1.82, 2.24) is 15.4 Å². The Kier molecular flexibility index (Phi) is 5.32. The van der Waals surface area contributed by atoms with Gasteiger partial charge in [0.25, 0.3) is 0 Å². The lowest BCUT2D eigenvalue weighted by Gasteiger charge is -2.33. The van der Waals surface area contributed by atoms with Crippen molar-refractivity contribution < 1.29 is 13.7 Å². The van der Waals surface area contributed by atoms with Crippen molar-refractivity contribution in [1.29, 1.82) is 0 Å². The zero-order valence-electron chi connectivity index (χ0n) is 17.4. The van der Waals surface area contributed by atoms with Crippen LogP contribution < -0.4 is 5.32 Å². The Morgan fingerprint density at radius 2 is 1.81 bits per heavy atom. The van der Waals surface area contributed by atoms with Gasteiger partial charge < -0.3 is 9.84 Å². The van der Waals surface area contributed by atoms with Crippen molar-refractivity contribution in [3.63, 3.8) is 0 Å². The van der Waals surface area contributed by atoms with Crippen LogP contribution >= 0.6 is 0 Å². The normalized spacial score (nSPS) is 18.6. The van der Waals surface area contributed by atoms with Gasteiger partial charge in [0.2, 0.25) is 5.91 Å². The first-order valence-corrected chi connectivity index (χ1v) is 10.9. The molecule has 0 bridgehead atoms. The molecule has 5 rings (SSSR count). The molecule has 1 amide bonds.